The van der Waals surface area contributed by atoms with Crippen LogP contribution < -0.4 is 14.8 Å². The molecule has 0 saturated heterocycles. The standard InChI is InChI=1S/C29H22IN3O5/c1-2-37-27-15-19(13-22(17-31)29(34)32-23-10-6-11-24(16-23)33(35)36)14-26(30)28(27)38-18-21-9-5-8-20-7-3-4-12-25(20)21/h3-16H,2,18H2,1H3,(H,32,34)/b22-13+. The van der Waals surface area contributed by atoms with Crippen molar-refractivity contribution in [1.29, 1.82) is 5.26 Å². The summed E-state index contributed by atoms with van der Waals surface area (Å²) < 4.78 is 12.8. The molecule has 0 aliphatic carbocycles. The smallest absolute Gasteiger partial charge is 0.271 e. The summed E-state index contributed by atoms with van der Waals surface area (Å²) in [5.74, 6) is 0.372. The van der Waals surface area contributed by atoms with Crippen LogP contribution in [0.3, 0.4) is 0 Å². The number of nitro benzene ring substituents is 1. The van der Waals surface area contributed by atoms with Crippen molar-refractivity contribution in [3.05, 3.63) is 109 Å². The molecule has 1 amide bonds. The number of nitrogens with one attached hydrogen (secondary N) is 1. The highest BCUT2D eigenvalue weighted by molar-refractivity contribution is 14.1. The molecule has 4 aromatic carbocycles. The Bertz CT molecular complexity index is 1590. The van der Waals surface area contributed by atoms with Crippen molar-refractivity contribution >= 4 is 56.7 Å². The van der Waals surface area contributed by atoms with Crippen LogP contribution in [0.15, 0.2) is 84.4 Å². The van der Waals surface area contributed by atoms with E-state index in [4.69, 9.17) is 9.47 Å². The highest BCUT2D eigenvalue weighted by Crippen LogP contribution is 2.36. The number of hydrogen-bond donors (Lipinski definition) is 1. The second kappa shape index (κ2) is 12.2. The van der Waals surface area contributed by atoms with E-state index in [1.54, 1.807) is 12.1 Å². The van der Waals surface area contributed by atoms with Gasteiger partial charge in [0.1, 0.15) is 18.2 Å². The Labute approximate surface area is 232 Å². The number of hydrogen-bond acceptors (Lipinski definition) is 6. The van der Waals surface area contributed by atoms with E-state index in [2.05, 4.69) is 46.1 Å². The minimum Gasteiger partial charge on any atom is -0.490 e. The molecule has 8 nitrogen and oxygen atoms in total. The first-order valence-corrected chi connectivity index (χ1v) is 12.7. The molecule has 38 heavy (non-hydrogen) atoms. The number of anilines is 1. The van der Waals surface area contributed by atoms with Crippen molar-refractivity contribution in [2.24, 2.45) is 0 Å². The van der Waals surface area contributed by atoms with Crippen LogP contribution in [0, 0.1) is 25.0 Å². The number of rotatable bonds is 9. The Morgan fingerprint density at radius 3 is 2.61 bits per heavy atom. The van der Waals surface area contributed by atoms with Crippen LogP contribution in [0.5, 0.6) is 11.5 Å². The summed E-state index contributed by atoms with van der Waals surface area (Å²) in [5, 5.41) is 25.4. The third kappa shape index (κ3) is 6.27. The number of ether oxygens (including phenoxy) is 2. The summed E-state index contributed by atoms with van der Waals surface area (Å²) in [6.45, 7) is 2.59. The fraction of sp³-hybridized carbons (Fsp3) is 0.103. The third-order valence-corrected chi connectivity index (χ3v) is 6.38. The number of amides is 1. The first-order chi connectivity index (χ1) is 18.4. The topological polar surface area (TPSA) is 114 Å². The van der Waals surface area contributed by atoms with Crippen LogP contribution in [0.1, 0.15) is 18.1 Å². The van der Waals surface area contributed by atoms with E-state index in [0.717, 1.165) is 19.9 Å². The number of halogens is 1. The minimum absolute atomic E-state index is 0.166. The van der Waals surface area contributed by atoms with Gasteiger partial charge in [-0.1, -0.05) is 48.5 Å². The fourth-order valence-corrected chi connectivity index (χ4v) is 4.63. The Hall–Kier alpha value is -4.43. The van der Waals surface area contributed by atoms with Gasteiger partial charge >= 0.3 is 0 Å². The molecule has 4 aromatic rings. The maximum absolute atomic E-state index is 12.7. The number of carbonyl (C=O) groups excluding carboxylic acids is 1. The highest BCUT2D eigenvalue weighted by Gasteiger charge is 2.16. The Kier molecular flexibility index (Phi) is 8.55. The maximum atomic E-state index is 12.7. The van der Waals surface area contributed by atoms with Crippen molar-refractivity contribution in [3.8, 4) is 17.6 Å². The fourth-order valence-electron chi connectivity index (χ4n) is 3.85. The molecular weight excluding hydrogens is 597 g/mol. The zero-order valence-corrected chi connectivity index (χ0v) is 22.5. The number of fused-ring (bicyclic) bond motifs is 1. The van der Waals surface area contributed by atoms with Crippen LogP contribution in [0.2, 0.25) is 0 Å². The molecule has 1 N–H and O–H groups in total. The first-order valence-electron chi connectivity index (χ1n) is 11.6. The quantitative estimate of drug-likeness (QED) is 0.0719. The Morgan fingerprint density at radius 2 is 1.84 bits per heavy atom. The van der Waals surface area contributed by atoms with E-state index in [9.17, 15) is 20.2 Å². The lowest BCUT2D eigenvalue weighted by atomic mass is 10.1. The number of non-ortho nitro benzene ring substituents is 1. The second-order valence-electron chi connectivity index (χ2n) is 8.12. The first kappa shape index (κ1) is 26.6. The predicted molar refractivity (Wildman–Crippen MR) is 154 cm³/mol. The van der Waals surface area contributed by atoms with Crippen LogP contribution >= 0.6 is 22.6 Å². The van der Waals surface area contributed by atoms with E-state index in [1.165, 1.54) is 30.3 Å². The molecule has 0 fully saturated rings. The number of benzene rings is 4. The molecule has 0 spiro atoms. The van der Waals surface area contributed by atoms with Gasteiger partial charge in [0.15, 0.2) is 11.5 Å². The van der Waals surface area contributed by atoms with Crippen LogP contribution in [0.25, 0.3) is 16.8 Å². The molecule has 9 heteroatoms. The van der Waals surface area contributed by atoms with Crippen molar-refractivity contribution < 1.29 is 19.2 Å². The average molecular weight is 619 g/mol. The zero-order chi connectivity index (χ0) is 27.1. The zero-order valence-electron chi connectivity index (χ0n) is 20.3. The minimum atomic E-state index is -0.683. The van der Waals surface area contributed by atoms with Crippen molar-refractivity contribution in [2.45, 2.75) is 13.5 Å². The molecule has 0 heterocycles. The lowest BCUT2D eigenvalue weighted by Crippen LogP contribution is -2.13. The monoisotopic (exact) mass is 619 g/mol. The van der Waals surface area contributed by atoms with Gasteiger partial charge in [-0.25, -0.2) is 0 Å². The van der Waals surface area contributed by atoms with E-state index < -0.39 is 10.8 Å². The number of nitriles is 1. The normalized spacial score (nSPS) is 11.0. The van der Waals surface area contributed by atoms with Crippen molar-refractivity contribution in [2.75, 3.05) is 11.9 Å². The maximum Gasteiger partial charge on any atom is 0.271 e. The summed E-state index contributed by atoms with van der Waals surface area (Å²) >= 11 is 2.14. The molecule has 0 bridgehead atoms. The van der Waals surface area contributed by atoms with Gasteiger partial charge in [-0.05, 0) is 75.7 Å². The predicted octanol–water partition coefficient (Wildman–Crippen LogP) is 6.88. The number of nitrogens with zero attached hydrogens (tertiary/aromatic N) is 2. The van der Waals surface area contributed by atoms with Crippen molar-refractivity contribution in [1.82, 2.24) is 0 Å². The molecule has 0 unspecified atom stereocenters. The SMILES string of the molecule is CCOc1cc(/C=C(\C#N)C(=O)Nc2cccc([N+](=O)[O-])c2)cc(I)c1OCc1cccc2ccccc12. The highest BCUT2D eigenvalue weighted by atomic mass is 127. The van der Waals surface area contributed by atoms with Gasteiger partial charge in [-0.3, -0.25) is 14.9 Å². The van der Waals surface area contributed by atoms with Crippen LogP contribution in [-0.4, -0.2) is 17.4 Å². The summed E-state index contributed by atoms with van der Waals surface area (Å²) in [7, 11) is 0. The van der Waals surface area contributed by atoms with Crippen molar-refractivity contribution in [3.63, 3.8) is 0 Å². The van der Waals surface area contributed by atoms with Gasteiger partial charge in [-0.2, -0.15) is 5.26 Å². The van der Waals surface area contributed by atoms with E-state index in [1.807, 2.05) is 37.3 Å². The van der Waals surface area contributed by atoms with Crippen LogP contribution in [0.4, 0.5) is 11.4 Å². The lowest BCUT2D eigenvalue weighted by molar-refractivity contribution is -0.384. The number of carbonyl (C=O) groups is 1. The Morgan fingerprint density at radius 1 is 1.08 bits per heavy atom. The molecule has 190 valence electrons. The molecule has 0 aliphatic rings. The molecule has 0 atom stereocenters. The average Bonchev–Trinajstić information content (AvgIpc) is 2.91. The van der Waals surface area contributed by atoms with E-state index >= 15 is 0 Å². The molecular formula is C29H22IN3O5. The van der Waals surface area contributed by atoms with Gasteiger partial charge in [0.2, 0.25) is 0 Å². The summed E-state index contributed by atoms with van der Waals surface area (Å²) in [6, 6.07) is 25.1. The number of nitro groups is 1. The molecule has 4 rings (SSSR count). The molecule has 0 aliphatic heterocycles. The molecule has 0 radical (unpaired) electrons. The molecule has 0 aromatic heterocycles. The van der Waals surface area contributed by atoms with Crippen LogP contribution in [-0.2, 0) is 11.4 Å². The van der Waals surface area contributed by atoms with E-state index in [-0.39, 0.29) is 16.9 Å². The largest absolute Gasteiger partial charge is 0.490 e. The van der Waals surface area contributed by atoms with Gasteiger partial charge in [-0.15, -0.1) is 0 Å². The summed E-state index contributed by atoms with van der Waals surface area (Å²) in [4.78, 5) is 23.2. The third-order valence-electron chi connectivity index (χ3n) is 5.57. The van der Waals surface area contributed by atoms with Gasteiger partial charge in [0.05, 0.1) is 15.1 Å². The lowest BCUT2D eigenvalue weighted by Gasteiger charge is -2.16. The summed E-state index contributed by atoms with van der Waals surface area (Å²) in [6.07, 6.45) is 1.44. The Balaban J connectivity index is 1.58. The molecule has 0 saturated carbocycles. The van der Waals surface area contributed by atoms with E-state index in [0.29, 0.717) is 30.3 Å². The second-order valence-corrected chi connectivity index (χ2v) is 9.28. The van der Waals surface area contributed by atoms with Gasteiger partial charge < -0.3 is 14.8 Å². The summed E-state index contributed by atoms with van der Waals surface area (Å²) in [5.41, 5.74) is 1.49. The van der Waals surface area contributed by atoms with Gasteiger partial charge in [0, 0.05) is 17.8 Å². The van der Waals surface area contributed by atoms with Gasteiger partial charge in [0.25, 0.3) is 11.6 Å².